The molecule has 1 aromatic carbocycles. The van der Waals surface area contributed by atoms with E-state index >= 15 is 0 Å². The summed E-state index contributed by atoms with van der Waals surface area (Å²) in [5.74, 6) is 0. The molecule has 1 unspecified atom stereocenters. The molecule has 2 amide bonds. The predicted molar refractivity (Wildman–Crippen MR) is 81.8 cm³/mol. The van der Waals surface area contributed by atoms with E-state index < -0.39 is 0 Å². The molecular weight excluding hydrogens is 254 g/mol. The Morgan fingerprint density at radius 3 is 2.60 bits per heavy atom. The average molecular weight is 279 g/mol. The first kappa shape index (κ1) is 16.5. The van der Waals surface area contributed by atoms with Gasteiger partial charge in [0, 0.05) is 24.9 Å². The molecule has 0 radical (unpaired) electrons. The van der Waals surface area contributed by atoms with Crippen LogP contribution in [-0.4, -0.2) is 25.8 Å². The van der Waals surface area contributed by atoms with Gasteiger partial charge in [0.1, 0.15) is 0 Å². The SMILES string of the molecule is CCCCOCCNC(=O)Nc1ccc(C(C)N)cc1. The number of benzene rings is 1. The van der Waals surface area contributed by atoms with Gasteiger partial charge in [0.25, 0.3) is 0 Å². The highest BCUT2D eigenvalue weighted by Gasteiger charge is 2.02. The quantitative estimate of drug-likeness (QED) is 0.640. The van der Waals surface area contributed by atoms with E-state index in [0.717, 1.165) is 30.7 Å². The minimum absolute atomic E-state index is 0.00172. The molecule has 0 saturated heterocycles. The number of carbonyl (C=O) groups is 1. The Labute approximate surface area is 120 Å². The summed E-state index contributed by atoms with van der Waals surface area (Å²) in [6.45, 7) is 5.84. The van der Waals surface area contributed by atoms with Gasteiger partial charge in [0.05, 0.1) is 6.61 Å². The summed E-state index contributed by atoms with van der Waals surface area (Å²) in [5.41, 5.74) is 7.56. The van der Waals surface area contributed by atoms with Crippen molar-refractivity contribution in [3.05, 3.63) is 29.8 Å². The van der Waals surface area contributed by atoms with Crippen LogP contribution in [0.3, 0.4) is 0 Å². The van der Waals surface area contributed by atoms with Gasteiger partial charge in [0.15, 0.2) is 0 Å². The molecule has 0 aliphatic heterocycles. The van der Waals surface area contributed by atoms with Gasteiger partial charge in [0.2, 0.25) is 0 Å². The van der Waals surface area contributed by atoms with Gasteiger partial charge in [-0.3, -0.25) is 0 Å². The molecule has 0 heterocycles. The molecule has 5 heteroatoms. The molecule has 5 nitrogen and oxygen atoms in total. The second-order valence-electron chi connectivity index (χ2n) is 4.76. The first-order valence-corrected chi connectivity index (χ1v) is 7.11. The molecule has 4 N–H and O–H groups in total. The number of nitrogens with one attached hydrogen (secondary N) is 2. The van der Waals surface area contributed by atoms with Crippen molar-refractivity contribution in [2.45, 2.75) is 32.7 Å². The van der Waals surface area contributed by atoms with Gasteiger partial charge < -0.3 is 21.1 Å². The molecule has 1 aromatic rings. The Balaban J connectivity index is 2.21. The number of hydrogen-bond donors (Lipinski definition) is 3. The molecule has 0 saturated carbocycles. The predicted octanol–water partition coefficient (Wildman–Crippen LogP) is 2.64. The van der Waals surface area contributed by atoms with Gasteiger partial charge in [-0.05, 0) is 31.0 Å². The minimum Gasteiger partial charge on any atom is -0.380 e. The Bertz CT molecular complexity index is 391. The van der Waals surface area contributed by atoms with Gasteiger partial charge in [-0.15, -0.1) is 0 Å². The molecule has 1 rings (SSSR count). The van der Waals surface area contributed by atoms with Crippen LogP contribution < -0.4 is 16.4 Å². The van der Waals surface area contributed by atoms with Crippen LogP contribution in [0.2, 0.25) is 0 Å². The van der Waals surface area contributed by atoms with E-state index in [1.165, 1.54) is 0 Å². The van der Waals surface area contributed by atoms with Crippen molar-refractivity contribution in [2.24, 2.45) is 5.73 Å². The molecule has 0 fully saturated rings. The monoisotopic (exact) mass is 279 g/mol. The molecule has 20 heavy (non-hydrogen) atoms. The lowest BCUT2D eigenvalue weighted by Gasteiger charge is -2.10. The maximum Gasteiger partial charge on any atom is 0.319 e. The highest BCUT2D eigenvalue weighted by atomic mass is 16.5. The van der Waals surface area contributed by atoms with Crippen molar-refractivity contribution in [3.8, 4) is 0 Å². The minimum atomic E-state index is -0.224. The van der Waals surface area contributed by atoms with E-state index in [9.17, 15) is 4.79 Å². The fourth-order valence-corrected chi connectivity index (χ4v) is 1.63. The number of hydrogen-bond acceptors (Lipinski definition) is 3. The maximum absolute atomic E-state index is 11.6. The summed E-state index contributed by atoms with van der Waals surface area (Å²) in [4.78, 5) is 11.6. The lowest BCUT2D eigenvalue weighted by Crippen LogP contribution is -2.31. The molecule has 0 aliphatic carbocycles. The zero-order valence-electron chi connectivity index (χ0n) is 12.3. The van der Waals surface area contributed by atoms with Crippen LogP contribution in [0.25, 0.3) is 0 Å². The van der Waals surface area contributed by atoms with E-state index in [-0.39, 0.29) is 12.1 Å². The average Bonchev–Trinajstić information content (AvgIpc) is 2.43. The number of ether oxygens (including phenoxy) is 1. The van der Waals surface area contributed by atoms with Crippen LogP contribution in [0.5, 0.6) is 0 Å². The Kier molecular flexibility index (Phi) is 7.69. The van der Waals surface area contributed by atoms with E-state index in [1.807, 2.05) is 31.2 Å². The van der Waals surface area contributed by atoms with Crippen molar-refractivity contribution in [3.63, 3.8) is 0 Å². The second kappa shape index (κ2) is 9.34. The van der Waals surface area contributed by atoms with Crippen molar-refractivity contribution in [1.82, 2.24) is 5.32 Å². The summed E-state index contributed by atoms with van der Waals surface area (Å²) < 4.78 is 5.36. The van der Waals surface area contributed by atoms with Crippen molar-refractivity contribution in [1.29, 1.82) is 0 Å². The Morgan fingerprint density at radius 1 is 1.30 bits per heavy atom. The number of rotatable bonds is 8. The number of amides is 2. The number of unbranched alkanes of at least 4 members (excludes halogenated alkanes) is 1. The maximum atomic E-state index is 11.6. The second-order valence-corrected chi connectivity index (χ2v) is 4.76. The van der Waals surface area contributed by atoms with E-state index in [1.54, 1.807) is 0 Å². The standard InChI is InChI=1S/C15H25N3O2/c1-3-4-10-20-11-9-17-15(19)18-14-7-5-13(6-8-14)12(2)16/h5-8,12H,3-4,9-11,16H2,1-2H3,(H2,17,18,19). The van der Waals surface area contributed by atoms with Crippen LogP contribution >= 0.6 is 0 Å². The fourth-order valence-electron chi connectivity index (χ4n) is 1.63. The normalized spacial score (nSPS) is 11.9. The molecule has 1 atom stereocenters. The van der Waals surface area contributed by atoms with Crippen molar-refractivity contribution < 1.29 is 9.53 Å². The summed E-state index contributed by atoms with van der Waals surface area (Å²) in [6.07, 6.45) is 2.17. The number of urea groups is 1. The van der Waals surface area contributed by atoms with E-state index in [0.29, 0.717) is 13.2 Å². The van der Waals surface area contributed by atoms with Crippen molar-refractivity contribution >= 4 is 11.7 Å². The van der Waals surface area contributed by atoms with Crippen LogP contribution in [0, 0.1) is 0 Å². The topological polar surface area (TPSA) is 76.4 Å². The van der Waals surface area contributed by atoms with Crippen molar-refractivity contribution in [2.75, 3.05) is 25.1 Å². The lowest BCUT2D eigenvalue weighted by atomic mass is 10.1. The number of anilines is 1. The smallest absolute Gasteiger partial charge is 0.319 e. The number of carbonyl (C=O) groups excluding carboxylic acids is 1. The van der Waals surface area contributed by atoms with Crippen LogP contribution in [0.4, 0.5) is 10.5 Å². The highest BCUT2D eigenvalue weighted by molar-refractivity contribution is 5.89. The molecule has 0 aliphatic rings. The first-order chi connectivity index (χ1) is 9.63. The third-order valence-electron chi connectivity index (χ3n) is 2.87. The van der Waals surface area contributed by atoms with Gasteiger partial charge in [-0.25, -0.2) is 4.79 Å². The number of nitrogens with two attached hydrogens (primary N) is 1. The van der Waals surface area contributed by atoms with Gasteiger partial charge >= 0.3 is 6.03 Å². The van der Waals surface area contributed by atoms with Crippen LogP contribution in [-0.2, 0) is 4.74 Å². The Hall–Kier alpha value is -1.59. The van der Waals surface area contributed by atoms with Gasteiger partial charge in [-0.2, -0.15) is 0 Å². The summed E-state index contributed by atoms with van der Waals surface area (Å²) >= 11 is 0. The third kappa shape index (κ3) is 6.54. The molecule has 0 aromatic heterocycles. The first-order valence-electron chi connectivity index (χ1n) is 7.11. The van der Waals surface area contributed by atoms with E-state index in [2.05, 4.69) is 17.6 Å². The van der Waals surface area contributed by atoms with Crippen LogP contribution in [0.15, 0.2) is 24.3 Å². The molecule has 0 bridgehead atoms. The molecule has 112 valence electrons. The fraction of sp³-hybridized carbons (Fsp3) is 0.533. The van der Waals surface area contributed by atoms with E-state index in [4.69, 9.17) is 10.5 Å². The zero-order valence-corrected chi connectivity index (χ0v) is 12.3. The highest BCUT2D eigenvalue weighted by Crippen LogP contribution is 2.13. The Morgan fingerprint density at radius 2 is 2.00 bits per heavy atom. The third-order valence-corrected chi connectivity index (χ3v) is 2.87. The zero-order chi connectivity index (χ0) is 14.8. The van der Waals surface area contributed by atoms with Crippen LogP contribution in [0.1, 0.15) is 38.3 Å². The van der Waals surface area contributed by atoms with Gasteiger partial charge in [-0.1, -0.05) is 25.5 Å². The largest absolute Gasteiger partial charge is 0.380 e. The lowest BCUT2D eigenvalue weighted by molar-refractivity contribution is 0.134. The summed E-state index contributed by atoms with van der Waals surface area (Å²) in [5, 5.41) is 5.51. The molecule has 0 spiro atoms. The summed E-state index contributed by atoms with van der Waals surface area (Å²) in [7, 11) is 0. The summed E-state index contributed by atoms with van der Waals surface area (Å²) in [6, 6.07) is 7.28. The molecular formula is C15H25N3O2.